The van der Waals surface area contributed by atoms with Gasteiger partial charge in [0.25, 0.3) is 0 Å². The second kappa shape index (κ2) is 6.44. The van der Waals surface area contributed by atoms with Crippen LogP contribution < -0.4 is 0 Å². The molecule has 2 unspecified atom stereocenters. The van der Waals surface area contributed by atoms with Crippen LogP contribution >= 0.6 is 11.6 Å². The third-order valence-corrected chi connectivity index (χ3v) is 2.83. The largest absolute Gasteiger partial charge is 0.373 e. The molecule has 1 rings (SSSR count). The van der Waals surface area contributed by atoms with E-state index in [-0.39, 0.29) is 11.5 Å². The molecular formula is C11H19ClO. The molecule has 1 heterocycles. The monoisotopic (exact) mass is 202 g/mol. The molecule has 0 radical (unpaired) electrons. The summed E-state index contributed by atoms with van der Waals surface area (Å²) in [6.45, 7) is 3.04. The molecule has 13 heavy (non-hydrogen) atoms. The van der Waals surface area contributed by atoms with Gasteiger partial charge in [-0.2, -0.15) is 0 Å². The Hall–Kier alpha value is -0.0100. The Balaban J connectivity index is 2.08. The molecular weight excluding hydrogens is 184 g/mol. The maximum Gasteiger partial charge on any atom is 0.0920 e. The molecule has 0 saturated carbocycles. The summed E-state index contributed by atoms with van der Waals surface area (Å²) in [5, 5.41) is 0.197. The lowest BCUT2D eigenvalue weighted by Gasteiger charge is -2.06. The van der Waals surface area contributed by atoms with E-state index in [1.807, 2.05) is 0 Å². The van der Waals surface area contributed by atoms with Crippen molar-refractivity contribution in [3.8, 4) is 0 Å². The molecule has 0 aromatic carbocycles. The van der Waals surface area contributed by atoms with Crippen LogP contribution in [-0.2, 0) is 4.74 Å². The topological polar surface area (TPSA) is 9.23 Å². The quantitative estimate of drug-likeness (QED) is 0.377. The van der Waals surface area contributed by atoms with E-state index >= 15 is 0 Å². The van der Waals surface area contributed by atoms with Crippen molar-refractivity contribution < 1.29 is 4.74 Å². The maximum atomic E-state index is 6.04. The average Bonchev–Trinajstić information content (AvgIpc) is 2.52. The van der Waals surface area contributed by atoms with E-state index in [1.54, 1.807) is 0 Å². The third kappa shape index (κ3) is 4.15. The second-order valence-corrected chi connectivity index (χ2v) is 4.12. The van der Waals surface area contributed by atoms with Crippen LogP contribution in [0.4, 0.5) is 0 Å². The minimum absolute atomic E-state index is 0.170. The summed E-state index contributed by atoms with van der Waals surface area (Å²) < 4.78 is 5.45. The van der Waals surface area contributed by atoms with Crippen LogP contribution in [0.1, 0.15) is 39.0 Å². The van der Waals surface area contributed by atoms with Crippen molar-refractivity contribution in [3.63, 3.8) is 0 Å². The highest BCUT2D eigenvalue weighted by Crippen LogP contribution is 2.20. The molecule has 1 aliphatic heterocycles. The number of ether oxygens (including phenoxy) is 1. The zero-order valence-corrected chi connectivity index (χ0v) is 9.09. The fourth-order valence-electron chi connectivity index (χ4n) is 1.50. The number of rotatable bonds is 5. The molecule has 76 valence electrons. The number of hydrogen-bond donors (Lipinski definition) is 0. The predicted octanol–water partition coefficient (Wildman–Crippen LogP) is 3.52. The zero-order chi connectivity index (χ0) is 9.52. The number of unbranched alkanes of at least 4 members (excludes halogenated alkanes) is 3. The van der Waals surface area contributed by atoms with E-state index in [2.05, 4.69) is 19.1 Å². The molecule has 1 saturated heterocycles. The van der Waals surface area contributed by atoms with Gasteiger partial charge in [-0.1, -0.05) is 31.9 Å². The van der Waals surface area contributed by atoms with Crippen molar-refractivity contribution in [2.75, 3.05) is 6.61 Å². The fraction of sp³-hybridized carbons (Fsp3) is 0.818. The van der Waals surface area contributed by atoms with E-state index in [4.69, 9.17) is 16.3 Å². The van der Waals surface area contributed by atoms with E-state index in [0.717, 1.165) is 19.4 Å². The molecule has 1 nitrogen and oxygen atoms in total. The molecule has 0 aromatic rings. The van der Waals surface area contributed by atoms with E-state index in [0.29, 0.717) is 0 Å². The van der Waals surface area contributed by atoms with Crippen LogP contribution in [0.2, 0.25) is 0 Å². The van der Waals surface area contributed by atoms with Gasteiger partial charge < -0.3 is 4.74 Å². The molecule has 0 aliphatic carbocycles. The molecule has 0 amide bonds. The highest BCUT2D eigenvalue weighted by Gasteiger charge is 2.23. The molecule has 0 bridgehead atoms. The lowest BCUT2D eigenvalue weighted by Crippen LogP contribution is -2.11. The Morgan fingerprint density at radius 2 is 2.31 bits per heavy atom. The van der Waals surface area contributed by atoms with Crippen molar-refractivity contribution in [2.45, 2.75) is 50.5 Å². The SMILES string of the molecule is CCCCC/C=C/C1OCCC1Cl. The van der Waals surface area contributed by atoms with Crippen LogP contribution in [0.3, 0.4) is 0 Å². The zero-order valence-electron chi connectivity index (χ0n) is 8.34. The molecule has 0 N–H and O–H groups in total. The number of hydrogen-bond acceptors (Lipinski definition) is 1. The summed E-state index contributed by atoms with van der Waals surface area (Å²) in [5.74, 6) is 0. The molecule has 1 aliphatic rings. The van der Waals surface area contributed by atoms with Gasteiger partial charge in [0.05, 0.1) is 11.5 Å². The summed E-state index contributed by atoms with van der Waals surface area (Å²) in [6, 6.07) is 0. The van der Waals surface area contributed by atoms with Crippen LogP contribution in [0.25, 0.3) is 0 Å². The lowest BCUT2D eigenvalue weighted by atomic mass is 10.1. The van der Waals surface area contributed by atoms with Gasteiger partial charge >= 0.3 is 0 Å². The highest BCUT2D eigenvalue weighted by molar-refractivity contribution is 6.21. The van der Waals surface area contributed by atoms with Gasteiger partial charge in [0.15, 0.2) is 0 Å². The normalized spacial score (nSPS) is 28.8. The van der Waals surface area contributed by atoms with Gasteiger partial charge in [0.2, 0.25) is 0 Å². The summed E-state index contributed by atoms with van der Waals surface area (Å²) in [7, 11) is 0. The number of alkyl halides is 1. The van der Waals surface area contributed by atoms with E-state index < -0.39 is 0 Å². The van der Waals surface area contributed by atoms with E-state index in [1.165, 1.54) is 19.3 Å². The minimum Gasteiger partial charge on any atom is -0.373 e. The molecule has 0 spiro atoms. The Morgan fingerprint density at radius 1 is 1.46 bits per heavy atom. The van der Waals surface area contributed by atoms with Crippen molar-refractivity contribution in [2.24, 2.45) is 0 Å². The fourth-order valence-corrected chi connectivity index (χ4v) is 1.75. The standard InChI is InChI=1S/C11H19ClO/c1-2-3-4-5-6-7-11-10(12)8-9-13-11/h6-7,10-11H,2-5,8-9H2,1H3/b7-6+. The lowest BCUT2D eigenvalue weighted by molar-refractivity contribution is 0.146. The Labute approximate surface area is 86.1 Å². The first kappa shape index (κ1) is 11.1. The van der Waals surface area contributed by atoms with Crippen molar-refractivity contribution in [1.82, 2.24) is 0 Å². The van der Waals surface area contributed by atoms with Crippen LogP contribution in [0, 0.1) is 0 Å². The smallest absolute Gasteiger partial charge is 0.0920 e. The first-order valence-corrected chi connectivity index (χ1v) is 5.70. The van der Waals surface area contributed by atoms with Gasteiger partial charge in [-0.3, -0.25) is 0 Å². The maximum absolute atomic E-state index is 6.04. The summed E-state index contributed by atoms with van der Waals surface area (Å²) in [4.78, 5) is 0. The third-order valence-electron chi connectivity index (χ3n) is 2.36. The van der Waals surface area contributed by atoms with Gasteiger partial charge in [0, 0.05) is 6.61 Å². The van der Waals surface area contributed by atoms with Crippen molar-refractivity contribution >= 4 is 11.6 Å². The van der Waals surface area contributed by atoms with Crippen molar-refractivity contribution in [3.05, 3.63) is 12.2 Å². The Bertz CT molecular complexity index is 156. The highest BCUT2D eigenvalue weighted by atomic mass is 35.5. The predicted molar refractivity (Wildman–Crippen MR) is 57.3 cm³/mol. The van der Waals surface area contributed by atoms with Gasteiger partial charge in [-0.15, -0.1) is 11.6 Å². The second-order valence-electron chi connectivity index (χ2n) is 3.56. The Kier molecular flexibility index (Phi) is 5.49. The summed E-state index contributed by atoms with van der Waals surface area (Å²) in [5.41, 5.74) is 0. The van der Waals surface area contributed by atoms with Gasteiger partial charge in [-0.25, -0.2) is 0 Å². The van der Waals surface area contributed by atoms with Crippen LogP contribution in [0.5, 0.6) is 0 Å². The first-order valence-electron chi connectivity index (χ1n) is 5.27. The average molecular weight is 203 g/mol. The minimum atomic E-state index is 0.170. The Morgan fingerprint density at radius 3 is 2.92 bits per heavy atom. The van der Waals surface area contributed by atoms with Gasteiger partial charge in [-0.05, 0) is 19.3 Å². The first-order chi connectivity index (χ1) is 6.34. The van der Waals surface area contributed by atoms with E-state index in [9.17, 15) is 0 Å². The van der Waals surface area contributed by atoms with Crippen molar-refractivity contribution in [1.29, 1.82) is 0 Å². The molecule has 0 aromatic heterocycles. The summed E-state index contributed by atoms with van der Waals surface area (Å²) in [6.07, 6.45) is 10.5. The number of halogens is 1. The van der Waals surface area contributed by atoms with Crippen LogP contribution in [-0.4, -0.2) is 18.1 Å². The molecule has 2 heteroatoms. The number of allylic oxidation sites excluding steroid dienone is 1. The summed E-state index contributed by atoms with van der Waals surface area (Å²) >= 11 is 6.04. The molecule has 1 fully saturated rings. The molecule has 2 atom stereocenters. The van der Waals surface area contributed by atoms with Crippen LogP contribution in [0.15, 0.2) is 12.2 Å². The van der Waals surface area contributed by atoms with Gasteiger partial charge in [0.1, 0.15) is 0 Å².